The van der Waals surface area contributed by atoms with Crippen LogP contribution in [0.2, 0.25) is 0 Å². The molecule has 0 aliphatic rings. The summed E-state index contributed by atoms with van der Waals surface area (Å²) in [6.07, 6.45) is -0.943. The highest BCUT2D eigenvalue weighted by Crippen LogP contribution is 2.36. The Morgan fingerprint density at radius 2 is 1.74 bits per heavy atom. The molecule has 38 heavy (non-hydrogen) atoms. The number of alkyl halides is 3. The van der Waals surface area contributed by atoms with Crippen LogP contribution in [0.1, 0.15) is 29.7 Å². The number of halogens is 3. The molecule has 3 heterocycles. The molecule has 0 saturated carbocycles. The quantitative estimate of drug-likeness (QED) is 0.261. The van der Waals surface area contributed by atoms with Gasteiger partial charge in [-0.25, -0.2) is 15.0 Å². The zero-order valence-corrected chi connectivity index (χ0v) is 21.2. The molecule has 0 unspecified atom stereocenters. The number of hydrogen-bond donors (Lipinski definition) is 1. The molecule has 1 atom stereocenters. The number of nitrogens with one attached hydrogen (secondary N) is 1. The van der Waals surface area contributed by atoms with Crippen LogP contribution in [0.25, 0.3) is 28.3 Å². The lowest BCUT2D eigenvalue weighted by molar-refractivity contribution is -0.137. The first kappa shape index (κ1) is 25.4. The van der Waals surface area contributed by atoms with E-state index < -0.39 is 11.7 Å². The normalized spacial score (nSPS) is 12.7. The monoisotopic (exact) mass is 516 g/mol. The van der Waals surface area contributed by atoms with Gasteiger partial charge in [-0.15, -0.1) is 0 Å². The van der Waals surface area contributed by atoms with Crippen LogP contribution in [0.15, 0.2) is 85.2 Å². The van der Waals surface area contributed by atoms with Crippen LogP contribution in [0.4, 0.5) is 19.1 Å². The van der Waals surface area contributed by atoms with Gasteiger partial charge in [-0.2, -0.15) is 13.2 Å². The summed E-state index contributed by atoms with van der Waals surface area (Å²) in [6, 6.07) is 20.8. The van der Waals surface area contributed by atoms with Crippen molar-refractivity contribution in [3.63, 3.8) is 0 Å². The van der Waals surface area contributed by atoms with Crippen LogP contribution in [0.5, 0.6) is 0 Å². The summed E-state index contributed by atoms with van der Waals surface area (Å²) in [7, 11) is 3.95. The van der Waals surface area contributed by atoms with Crippen molar-refractivity contribution in [1.82, 2.24) is 24.3 Å². The van der Waals surface area contributed by atoms with E-state index in [0.717, 1.165) is 23.3 Å². The minimum absolute atomic E-state index is 0.0508. The number of rotatable bonds is 7. The SMILES string of the molecule is C[C@@H](Nc1nccc(-c2c(-c3cccc(C(F)(F)F)c3)nc3cc(CN(C)C)ccn23)n1)c1ccccc1. The van der Waals surface area contributed by atoms with Gasteiger partial charge in [-0.3, -0.25) is 4.40 Å². The summed E-state index contributed by atoms with van der Waals surface area (Å²) < 4.78 is 42.5. The lowest BCUT2D eigenvalue weighted by atomic mass is 10.0. The summed E-state index contributed by atoms with van der Waals surface area (Å²) in [6.45, 7) is 2.72. The average molecular weight is 517 g/mol. The first-order valence-electron chi connectivity index (χ1n) is 12.2. The van der Waals surface area contributed by atoms with Crippen LogP contribution >= 0.6 is 0 Å². The van der Waals surface area contributed by atoms with Gasteiger partial charge >= 0.3 is 6.18 Å². The fourth-order valence-corrected chi connectivity index (χ4v) is 4.42. The van der Waals surface area contributed by atoms with Crippen LogP contribution in [0.3, 0.4) is 0 Å². The van der Waals surface area contributed by atoms with Gasteiger partial charge in [-0.05, 0) is 62.5 Å². The Morgan fingerprint density at radius 1 is 0.947 bits per heavy atom. The van der Waals surface area contributed by atoms with E-state index in [-0.39, 0.29) is 6.04 Å². The van der Waals surface area contributed by atoms with Crippen LogP contribution in [-0.4, -0.2) is 38.3 Å². The molecule has 0 saturated heterocycles. The van der Waals surface area contributed by atoms with E-state index in [4.69, 9.17) is 9.97 Å². The molecule has 0 aliphatic heterocycles. The van der Waals surface area contributed by atoms with Gasteiger partial charge in [-0.1, -0.05) is 42.5 Å². The van der Waals surface area contributed by atoms with Crippen LogP contribution in [0, 0.1) is 0 Å². The first-order chi connectivity index (χ1) is 18.2. The summed E-state index contributed by atoms with van der Waals surface area (Å²) in [5, 5.41) is 3.32. The Hall–Kier alpha value is -4.24. The van der Waals surface area contributed by atoms with Gasteiger partial charge in [0.1, 0.15) is 5.65 Å². The Balaban J connectivity index is 1.63. The maximum atomic E-state index is 13.5. The van der Waals surface area contributed by atoms with Crippen LogP contribution < -0.4 is 5.32 Å². The molecular formula is C29H27F3N6. The molecule has 0 spiro atoms. The summed E-state index contributed by atoms with van der Waals surface area (Å²) in [5.74, 6) is 0.410. The van der Waals surface area contributed by atoms with Gasteiger partial charge in [0.15, 0.2) is 0 Å². The molecule has 5 rings (SSSR count). The molecule has 3 aromatic heterocycles. The van der Waals surface area contributed by atoms with Crippen molar-refractivity contribution in [3.05, 3.63) is 102 Å². The molecule has 0 aliphatic carbocycles. The Bertz CT molecular complexity index is 1560. The second kappa shape index (κ2) is 10.3. The molecule has 194 valence electrons. The molecule has 2 aromatic carbocycles. The molecule has 0 fully saturated rings. The van der Waals surface area contributed by atoms with E-state index in [1.54, 1.807) is 18.3 Å². The topological polar surface area (TPSA) is 58.4 Å². The summed E-state index contributed by atoms with van der Waals surface area (Å²) in [4.78, 5) is 16.0. The molecule has 1 N–H and O–H groups in total. The summed E-state index contributed by atoms with van der Waals surface area (Å²) in [5.41, 5.74) is 3.92. The molecule has 5 aromatic rings. The Kier molecular flexibility index (Phi) is 6.86. The average Bonchev–Trinajstić information content (AvgIpc) is 3.27. The number of pyridine rings is 1. The molecule has 0 radical (unpaired) electrons. The minimum atomic E-state index is -4.46. The third kappa shape index (κ3) is 5.38. The first-order valence-corrected chi connectivity index (χ1v) is 12.2. The number of hydrogen-bond acceptors (Lipinski definition) is 5. The van der Waals surface area contributed by atoms with Crippen molar-refractivity contribution in [3.8, 4) is 22.6 Å². The van der Waals surface area contributed by atoms with E-state index in [1.807, 2.05) is 79.0 Å². The second-order valence-corrected chi connectivity index (χ2v) is 9.43. The highest BCUT2D eigenvalue weighted by atomic mass is 19.4. The van der Waals surface area contributed by atoms with E-state index in [9.17, 15) is 13.2 Å². The maximum Gasteiger partial charge on any atom is 0.416 e. The predicted molar refractivity (Wildman–Crippen MR) is 143 cm³/mol. The number of fused-ring (bicyclic) bond motifs is 1. The molecule has 6 nitrogen and oxygen atoms in total. The number of imidazole rings is 1. The Labute approximate surface area is 218 Å². The van der Waals surface area contributed by atoms with Crippen molar-refractivity contribution in [2.75, 3.05) is 19.4 Å². The lowest BCUT2D eigenvalue weighted by Gasteiger charge is -2.15. The molecule has 0 amide bonds. The van der Waals surface area contributed by atoms with Crippen molar-refractivity contribution in [1.29, 1.82) is 0 Å². The van der Waals surface area contributed by atoms with E-state index >= 15 is 0 Å². The third-order valence-electron chi connectivity index (χ3n) is 6.20. The Morgan fingerprint density at radius 3 is 2.47 bits per heavy atom. The van der Waals surface area contributed by atoms with Crippen molar-refractivity contribution in [2.24, 2.45) is 0 Å². The van der Waals surface area contributed by atoms with Gasteiger partial charge in [0.2, 0.25) is 5.95 Å². The van der Waals surface area contributed by atoms with Crippen molar-refractivity contribution < 1.29 is 13.2 Å². The smallest absolute Gasteiger partial charge is 0.348 e. The molecular weight excluding hydrogens is 489 g/mol. The zero-order valence-electron chi connectivity index (χ0n) is 21.2. The second-order valence-electron chi connectivity index (χ2n) is 9.43. The van der Waals surface area contributed by atoms with Gasteiger partial charge in [0.25, 0.3) is 0 Å². The van der Waals surface area contributed by atoms with Gasteiger partial charge < -0.3 is 10.2 Å². The maximum absolute atomic E-state index is 13.5. The highest BCUT2D eigenvalue weighted by molar-refractivity contribution is 5.81. The third-order valence-corrected chi connectivity index (χ3v) is 6.20. The predicted octanol–water partition coefficient (Wildman–Crippen LogP) is 6.71. The van der Waals surface area contributed by atoms with E-state index in [0.29, 0.717) is 40.8 Å². The highest BCUT2D eigenvalue weighted by Gasteiger charge is 2.31. The zero-order chi connectivity index (χ0) is 26.9. The largest absolute Gasteiger partial charge is 0.416 e. The summed E-state index contributed by atoms with van der Waals surface area (Å²) >= 11 is 0. The van der Waals surface area contributed by atoms with Crippen molar-refractivity contribution >= 4 is 11.6 Å². The fraction of sp³-hybridized carbons (Fsp3) is 0.207. The lowest BCUT2D eigenvalue weighted by Crippen LogP contribution is -2.11. The number of aromatic nitrogens is 4. The number of nitrogens with zero attached hydrogens (tertiary/aromatic N) is 5. The minimum Gasteiger partial charge on any atom is -0.348 e. The van der Waals surface area contributed by atoms with Gasteiger partial charge in [0, 0.05) is 24.5 Å². The number of benzene rings is 2. The standard InChI is InChI=1S/C29H27F3N6/c1-19(21-8-5-4-6-9-21)34-28-33-14-12-24(35-28)27-26(22-10-7-11-23(17-22)29(30,31)32)36-25-16-20(18-37(2)3)13-15-38(25)27/h4-17,19H,18H2,1-3H3,(H,33,34,35)/t19-/m1/s1. The van der Waals surface area contributed by atoms with Gasteiger partial charge in [0.05, 0.1) is 28.7 Å². The van der Waals surface area contributed by atoms with E-state index in [2.05, 4.69) is 10.3 Å². The van der Waals surface area contributed by atoms with E-state index in [1.165, 1.54) is 6.07 Å². The molecule has 0 bridgehead atoms. The number of anilines is 1. The fourth-order valence-electron chi connectivity index (χ4n) is 4.42. The van der Waals surface area contributed by atoms with Crippen LogP contribution in [-0.2, 0) is 12.7 Å². The van der Waals surface area contributed by atoms with Crippen molar-refractivity contribution in [2.45, 2.75) is 25.7 Å². The molecule has 9 heteroatoms.